The molecule has 0 aromatic carbocycles. The normalized spacial score (nSPS) is 18.0. The van der Waals surface area contributed by atoms with Gasteiger partial charge in [-0.05, 0) is 45.6 Å². The van der Waals surface area contributed by atoms with Gasteiger partial charge in [0, 0.05) is 35.7 Å². The number of halogens is 2. The number of nitrogens with one attached hydrogen (secondary N) is 2. The van der Waals surface area contributed by atoms with E-state index in [4.69, 9.17) is 5.26 Å². The quantitative estimate of drug-likeness (QED) is 0.368. The van der Waals surface area contributed by atoms with E-state index in [1.54, 1.807) is 27.8 Å². The summed E-state index contributed by atoms with van der Waals surface area (Å²) in [5, 5.41) is 29.5. The lowest BCUT2D eigenvalue weighted by molar-refractivity contribution is 0.137. The second-order valence-electron chi connectivity index (χ2n) is 9.60. The molecule has 37 heavy (non-hydrogen) atoms. The lowest BCUT2D eigenvalue weighted by atomic mass is 9.84. The average molecular weight is 507 g/mol. The summed E-state index contributed by atoms with van der Waals surface area (Å²) < 4.78 is 28.4. The minimum absolute atomic E-state index is 0.123. The fraction of sp³-hybridized carbons (Fsp3) is 0.440. The Bertz CT molecular complexity index is 1410. The first-order valence-electron chi connectivity index (χ1n) is 12.4. The van der Waals surface area contributed by atoms with Crippen molar-refractivity contribution in [2.24, 2.45) is 0 Å². The molecule has 4 heterocycles. The van der Waals surface area contributed by atoms with Crippen molar-refractivity contribution in [3.8, 4) is 17.6 Å². The van der Waals surface area contributed by atoms with E-state index in [0.717, 1.165) is 48.1 Å². The number of fused-ring (bicyclic) bond motifs is 1. The van der Waals surface area contributed by atoms with Crippen LogP contribution in [0.2, 0.25) is 0 Å². The Morgan fingerprint density at radius 2 is 1.92 bits per heavy atom. The predicted octanol–water partition coefficient (Wildman–Crippen LogP) is 3.97. The Balaban J connectivity index is 1.38. The summed E-state index contributed by atoms with van der Waals surface area (Å²) in [4.78, 5) is 9.01. The van der Waals surface area contributed by atoms with Crippen LogP contribution in [0, 0.1) is 11.3 Å². The summed E-state index contributed by atoms with van der Waals surface area (Å²) in [5.41, 5.74) is 3.53. The molecule has 4 aromatic heterocycles. The van der Waals surface area contributed by atoms with E-state index in [-0.39, 0.29) is 24.5 Å². The maximum absolute atomic E-state index is 12.5. The molecular formula is C25H28F2N10. The molecule has 0 saturated heterocycles. The molecule has 0 spiro atoms. The van der Waals surface area contributed by atoms with Crippen molar-refractivity contribution in [1.82, 2.24) is 40.1 Å². The van der Waals surface area contributed by atoms with Crippen molar-refractivity contribution in [3.05, 3.63) is 48.2 Å². The van der Waals surface area contributed by atoms with Gasteiger partial charge >= 0.3 is 0 Å². The van der Waals surface area contributed by atoms with E-state index in [2.05, 4.69) is 42.1 Å². The van der Waals surface area contributed by atoms with E-state index < -0.39 is 6.43 Å². The molecule has 1 aliphatic carbocycles. The van der Waals surface area contributed by atoms with Crippen LogP contribution in [0.1, 0.15) is 56.7 Å². The van der Waals surface area contributed by atoms with Gasteiger partial charge in [0.25, 0.3) is 6.43 Å². The van der Waals surface area contributed by atoms with Gasteiger partial charge in [0.1, 0.15) is 11.8 Å². The fourth-order valence-corrected chi connectivity index (χ4v) is 4.74. The SMILES string of the molecule is CC(C)Nc1cc(-n2ncc3cc(C#N)cnc32)ncc1-n1cc([C@H]2CC[C@H](NCC(F)F)CC2)nn1. The van der Waals surface area contributed by atoms with Gasteiger partial charge in [-0.2, -0.15) is 15.0 Å². The summed E-state index contributed by atoms with van der Waals surface area (Å²) >= 11 is 0. The van der Waals surface area contributed by atoms with E-state index >= 15 is 0 Å². The zero-order valence-corrected chi connectivity index (χ0v) is 20.6. The number of nitrogens with zero attached hydrogens (tertiary/aromatic N) is 8. The van der Waals surface area contributed by atoms with Gasteiger partial charge in [-0.25, -0.2) is 23.4 Å². The molecule has 0 atom stereocenters. The van der Waals surface area contributed by atoms with Crippen LogP contribution in [-0.2, 0) is 0 Å². The molecule has 2 N–H and O–H groups in total. The van der Waals surface area contributed by atoms with Crippen LogP contribution in [0.4, 0.5) is 14.5 Å². The van der Waals surface area contributed by atoms with E-state index in [9.17, 15) is 8.78 Å². The molecule has 1 saturated carbocycles. The summed E-state index contributed by atoms with van der Waals surface area (Å²) in [5.74, 6) is 0.820. The highest BCUT2D eigenvalue weighted by Crippen LogP contribution is 2.33. The predicted molar refractivity (Wildman–Crippen MR) is 134 cm³/mol. The lowest BCUT2D eigenvalue weighted by Gasteiger charge is -2.28. The Hall–Kier alpha value is -3.98. The van der Waals surface area contributed by atoms with Gasteiger partial charge in [0.15, 0.2) is 11.5 Å². The van der Waals surface area contributed by atoms with Gasteiger partial charge in [-0.15, -0.1) is 5.10 Å². The van der Waals surface area contributed by atoms with Gasteiger partial charge in [-0.1, -0.05) is 5.21 Å². The van der Waals surface area contributed by atoms with Crippen molar-refractivity contribution >= 4 is 16.7 Å². The maximum Gasteiger partial charge on any atom is 0.250 e. The zero-order valence-electron chi connectivity index (χ0n) is 20.6. The van der Waals surface area contributed by atoms with Crippen LogP contribution in [0.15, 0.2) is 36.9 Å². The highest BCUT2D eigenvalue weighted by molar-refractivity contribution is 5.77. The second kappa shape index (κ2) is 10.6. The molecule has 1 fully saturated rings. The van der Waals surface area contributed by atoms with Crippen LogP contribution >= 0.6 is 0 Å². The van der Waals surface area contributed by atoms with Gasteiger partial charge in [0.2, 0.25) is 0 Å². The van der Waals surface area contributed by atoms with Gasteiger partial charge in [0.05, 0.1) is 42.1 Å². The minimum atomic E-state index is -2.33. The van der Waals surface area contributed by atoms with Crippen LogP contribution in [-0.4, -0.2) is 59.8 Å². The van der Waals surface area contributed by atoms with E-state index in [1.807, 2.05) is 26.1 Å². The standard InChI is InChI=1S/C25H28F2N10/c1-15(2)33-20-8-24(37-25-18(11-32-37)7-16(9-28)10-31-25)30-12-22(20)36-14-21(34-35-36)17-3-5-19(6-4-17)29-13-23(26)27/h7-8,10-12,14-15,17,19,23,29H,3-6,13H2,1-2H3,(H,30,33)/t17-,19-. The first-order chi connectivity index (χ1) is 17.9. The molecule has 5 rings (SSSR count). The monoisotopic (exact) mass is 506 g/mol. The van der Waals surface area contributed by atoms with Gasteiger partial charge < -0.3 is 10.6 Å². The average Bonchev–Trinajstić information content (AvgIpc) is 3.54. The number of aromatic nitrogens is 7. The van der Waals surface area contributed by atoms with Crippen molar-refractivity contribution in [2.75, 3.05) is 11.9 Å². The summed E-state index contributed by atoms with van der Waals surface area (Å²) in [6.07, 6.45) is 7.92. The molecule has 0 unspecified atom stereocenters. The first kappa shape index (κ1) is 24.7. The third-order valence-electron chi connectivity index (χ3n) is 6.53. The third kappa shape index (κ3) is 5.41. The molecule has 0 radical (unpaired) electrons. The van der Waals surface area contributed by atoms with Crippen LogP contribution in [0.5, 0.6) is 0 Å². The van der Waals surface area contributed by atoms with Gasteiger partial charge in [-0.3, -0.25) is 0 Å². The highest BCUT2D eigenvalue weighted by atomic mass is 19.3. The van der Waals surface area contributed by atoms with Crippen LogP contribution in [0.3, 0.4) is 0 Å². The number of rotatable bonds is 8. The Kier molecular flexibility index (Phi) is 7.05. The number of pyridine rings is 2. The Morgan fingerprint density at radius 1 is 1.11 bits per heavy atom. The number of anilines is 1. The Labute approximate surface area is 212 Å². The molecule has 0 amide bonds. The number of hydrogen-bond donors (Lipinski definition) is 2. The first-order valence-corrected chi connectivity index (χ1v) is 12.4. The van der Waals surface area contributed by atoms with Crippen molar-refractivity contribution in [1.29, 1.82) is 5.26 Å². The Morgan fingerprint density at radius 3 is 2.65 bits per heavy atom. The molecule has 10 nitrogen and oxygen atoms in total. The summed E-state index contributed by atoms with van der Waals surface area (Å²) in [7, 11) is 0. The summed E-state index contributed by atoms with van der Waals surface area (Å²) in [6.45, 7) is 3.84. The molecule has 0 aliphatic heterocycles. The molecule has 12 heteroatoms. The van der Waals surface area contributed by atoms with Crippen LogP contribution < -0.4 is 10.6 Å². The number of nitriles is 1. The maximum atomic E-state index is 12.5. The molecule has 1 aliphatic rings. The van der Waals surface area contributed by atoms with E-state index in [1.165, 1.54) is 6.20 Å². The highest BCUT2D eigenvalue weighted by Gasteiger charge is 2.25. The fourth-order valence-electron chi connectivity index (χ4n) is 4.74. The lowest BCUT2D eigenvalue weighted by Crippen LogP contribution is -2.35. The molecule has 192 valence electrons. The number of alkyl halides is 2. The topological polar surface area (TPSA) is 122 Å². The minimum Gasteiger partial charge on any atom is -0.381 e. The second-order valence-corrected chi connectivity index (χ2v) is 9.60. The third-order valence-corrected chi connectivity index (χ3v) is 6.53. The number of hydrogen-bond acceptors (Lipinski definition) is 8. The molecular weight excluding hydrogens is 478 g/mol. The zero-order chi connectivity index (χ0) is 25.9. The van der Waals surface area contributed by atoms with Crippen LogP contribution in [0.25, 0.3) is 22.5 Å². The van der Waals surface area contributed by atoms with E-state index in [0.29, 0.717) is 17.0 Å². The molecule has 4 aromatic rings. The molecule has 0 bridgehead atoms. The largest absolute Gasteiger partial charge is 0.381 e. The van der Waals surface area contributed by atoms with Crippen molar-refractivity contribution in [3.63, 3.8) is 0 Å². The van der Waals surface area contributed by atoms with Crippen molar-refractivity contribution in [2.45, 2.75) is 64.0 Å². The summed E-state index contributed by atoms with van der Waals surface area (Å²) in [6, 6.07) is 6.00. The smallest absolute Gasteiger partial charge is 0.250 e. The van der Waals surface area contributed by atoms with Crippen molar-refractivity contribution < 1.29 is 8.78 Å².